The summed E-state index contributed by atoms with van der Waals surface area (Å²) in [7, 11) is 0. The van der Waals surface area contributed by atoms with Crippen molar-refractivity contribution >= 4 is 5.78 Å². The number of ketones is 1. The molecule has 3 atom stereocenters. The second-order valence-electron chi connectivity index (χ2n) is 9.49. The molecule has 3 heterocycles. The van der Waals surface area contributed by atoms with E-state index in [1.807, 2.05) is 30.3 Å². The molecule has 0 radical (unpaired) electrons. The van der Waals surface area contributed by atoms with E-state index in [0.29, 0.717) is 24.5 Å². The van der Waals surface area contributed by atoms with Crippen LogP contribution in [-0.2, 0) is 22.5 Å². The van der Waals surface area contributed by atoms with Crippen LogP contribution in [0.25, 0.3) is 0 Å². The lowest BCUT2D eigenvalue weighted by atomic mass is 9.73. The number of tetrazole rings is 1. The fraction of sp³-hybridized carbons (Fsp3) is 0.360. The van der Waals surface area contributed by atoms with E-state index in [-0.39, 0.29) is 17.2 Å². The van der Waals surface area contributed by atoms with Crippen LogP contribution < -0.4 is 10.3 Å². The van der Waals surface area contributed by atoms with Gasteiger partial charge in [-0.05, 0) is 49.3 Å². The van der Waals surface area contributed by atoms with Gasteiger partial charge >= 0.3 is 0 Å². The average molecular weight is 491 g/mol. The molecule has 5 rings (SSSR count). The lowest BCUT2D eigenvalue weighted by molar-refractivity contribution is -0.186. The van der Waals surface area contributed by atoms with E-state index >= 15 is 0 Å². The molecule has 1 aliphatic carbocycles. The molecule has 0 saturated carbocycles. The van der Waals surface area contributed by atoms with Gasteiger partial charge in [0.05, 0.1) is 5.57 Å². The molecule has 0 saturated heterocycles. The van der Waals surface area contributed by atoms with Crippen molar-refractivity contribution in [1.82, 2.24) is 30.4 Å². The van der Waals surface area contributed by atoms with Gasteiger partial charge in [-0.1, -0.05) is 36.4 Å². The molecule has 2 aliphatic rings. The smallest absolute Gasteiger partial charge is 0.264 e. The molecule has 3 aromatic rings. The van der Waals surface area contributed by atoms with Crippen LogP contribution in [0.5, 0.6) is 5.88 Å². The molecule has 186 valence electrons. The van der Waals surface area contributed by atoms with Crippen LogP contribution in [0, 0.1) is 0 Å². The molecule has 0 spiro atoms. The molecule has 1 aromatic carbocycles. The number of allylic oxidation sites excluding steroid dienone is 2. The molecule has 0 fully saturated rings. The van der Waals surface area contributed by atoms with Gasteiger partial charge < -0.3 is 14.6 Å². The molecule has 0 bridgehead atoms. The highest BCUT2D eigenvalue weighted by Crippen LogP contribution is 2.45. The third kappa shape index (κ3) is 4.11. The number of nitrogens with one attached hydrogen (secondary N) is 1. The summed E-state index contributed by atoms with van der Waals surface area (Å²) in [5, 5.41) is 29.7. The third-order valence-corrected chi connectivity index (χ3v) is 6.80. The number of ether oxygens (including phenoxy) is 2. The Morgan fingerprint density at radius 1 is 1.14 bits per heavy atom. The van der Waals surface area contributed by atoms with E-state index in [2.05, 4.69) is 25.7 Å². The number of aliphatic hydroxyl groups is 1. The van der Waals surface area contributed by atoms with Crippen molar-refractivity contribution in [3.8, 4) is 5.88 Å². The Balaban J connectivity index is 1.47. The first-order valence-corrected chi connectivity index (χ1v) is 11.6. The number of hydrogen-bond donors (Lipinski definition) is 2. The Kier molecular flexibility index (Phi) is 5.79. The van der Waals surface area contributed by atoms with Crippen LogP contribution >= 0.6 is 0 Å². The van der Waals surface area contributed by atoms with Gasteiger partial charge in [0.15, 0.2) is 17.7 Å². The largest absolute Gasteiger partial charge is 0.484 e. The van der Waals surface area contributed by atoms with Crippen LogP contribution in [0.4, 0.5) is 0 Å². The van der Waals surface area contributed by atoms with E-state index in [0.717, 1.165) is 5.56 Å². The number of aromatic amines is 1. The van der Waals surface area contributed by atoms with Gasteiger partial charge in [0.25, 0.3) is 5.56 Å². The number of aromatic nitrogens is 6. The van der Waals surface area contributed by atoms with Gasteiger partial charge in [-0.25, -0.2) is 9.78 Å². The fourth-order valence-corrected chi connectivity index (χ4v) is 4.34. The number of nitrogens with zero attached hydrogens (tertiary/aromatic N) is 5. The van der Waals surface area contributed by atoms with Crippen LogP contribution in [0.15, 0.2) is 70.7 Å². The Labute approximate surface area is 206 Å². The minimum atomic E-state index is -1.63. The monoisotopic (exact) mass is 490 g/mol. The van der Waals surface area contributed by atoms with Gasteiger partial charge in [0.2, 0.25) is 5.88 Å². The zero-order valence-corrected chi connectivity index (χ0v) is 20.1. The topological polar surface area (TPSA) is 145 Å². The number of benzene rings is 1. The first-order chi connectivity index (χ1) is 17.2. The van der Waals surface area contributed by atoms with Crippen molar-refractivity contribution in [2.45, 2.75) is 57.0 Å². The van der Waals surface area contributed by atoms with Gasteiger partial charge in [0.1, 0.15) is 22.9 Å². The molecule has 11 heteroatoms. The standard InChI is InChI=1S/C25H26N6O5/c1-24(2)25(3,34)22(35-19-12-11-18(32)26-27-19)20-17(36-24)10-9-16(21(20)33)23-28-29-30-31(23)14-13-15-7-5-4-6-8-15/h4-12,16,22,34H,13-14H2,1-3H3,(H,26,32). The number of Topliss-reactive ketones (excluding diaryl/α,β-unsaturated/α-hetero) is 1. The summed E-state index contributed by atoms with van der Waals surface area (Å²) >= 11 is 0. The van der Waals surface area contributed by atoms with Crippen LogP contribution in [0.1, 0.15) is 38.1 Å². The van der Waals surface area contributed by atoms with E-state index in [9.17, 15) is 14.7 Å². The minimum absolute atomic E-state index is 0.0519. The first kappa shape index (κ1) is 23.6. The summed E-state index contributed by atoms with van der Waals surface area (Å²) in [6, 6.07) is 12.5. The molecular formula is C25H26N6O5. The maximum Gasteiger partial charge on any atom is 0.264 e. The Morgan fingerprint density at radius 3 is 2.64 bits per heavy atom. The third-order valence-electron chi connectivity index (χ3n) is 6.80. The number of aryl methyl sites for hydroxylation is 2. The van der Waals surface area contributed by atoms with Gasteiger partial charge in [0, 0.05) is 18.7 Å². The quantitative estimate of drug-likeness (QED) is 0.525. The lowest BCUT2D eigenvalue weighted by Crippen LogP contribution is -2.63. The zero-order chi connectivity index (χ0) is 25.5. The maximum atomic E-state index is 13.9. The Morgan fingerprint density at radius 2 is 1.92 bits per heavy atom. The first-order valence-electron chi connectivity index (χ1n) is 11.6. The normalized spacial score (nSPS) is 24.8. The minimum Gasteiger partial charge on any atom is -0.484 e. The highest BCUT2D eigenvalue weighted by molar-refractivity contribution is 6.04. The second-order valence-corrected chi connectivity index (χ2v) is 9.49. The van der Waals surface area contributed by atoms with Crippen molar-refractivity contribution in [1.29, 1.82) is 0 Å². The van der Waals surface area contributed by atoms with E-state index in [1.54, 1.807) is 30.7 Å². The van der Waals surface area contributed by atoms with Gasteiger partial charge in [-0.2, -0.15) is 0 Å². The van der Waals surface area contributed by atoms with E-state index < -0.39 is 28.8 Å². The van der Waals surface area contributed by atoms with E-state index in [1.165, 1.54) is 19.1 Å². The summed E-state index contributed by atoms with van der Waals surface area (Å²) < 4.78 is 13.7. The van der Waals surface area contributed by atoms with Crippen molar-refractivity contribution in [2.24, 2.45) is 0 Å². The molecular weight excluding hydrogens is 464 g/mol. The fourth-order valence-electron chi connectivity index (χ4n) is 4.34. The average Bonchev–Trinajstić information content (AvgIpc) is 3.31. The zero-order valence-electron chi connectivity index (χ0n) is 20.1. The summed E-state index contributed by atoms with van der Waals surface area (Å²) in [5.74, 6) is -0.427. The summed E-state index contributed by atoms with van der Waals surface area (Å²) in [5.41, 5.74) is -1.87. The second kappa shape index (κ2) is 8.83. The van der Waals surface area contributed by atoms with Crippen LogP contribution in [-0.4, -0.2) is 58.6 Å². The van der Waals surface area contributed by atoms with Crippen LogP contribution in [0.2, 0.25) is 0 Å². The number of carbonyl (C=O) groups excluding carboxylic acids is 1. The van der Waals surface area contributed by atoms with Crippen molar-refractivity contribution in [3.05, 3.63) is 87.7 Å². The van der Waals surface area contributed by atoms with Crippen molar-refractivity contribution in [2.75, 3.05) is 0 Å². The highest BCUT2D eigenvalue weighted by atomic mass is 16.6. The molecule has 2 aromatic heterocycles. The molecule has 3 unspecified atom stereocenters. The summed E-state index contributed by atoms with van der Waals surface area (Å²) in [4.78, 5) is 25.3. The molecule has 36 heavy (non-hydrogen) atoms. The molecule has 11 nitrogen and oxygen atoms in total. The molecule has 0 amide bonds. The SMILES string of the molecule is CC1(C)OC2=C(C(=O)C(c3nnnn3CCc3ccccc3)C=C2)C(Oc2ccc(=O)[nH]n2)C1(C)O. The summed E-state index contributed by atoms with van der Waals surface area (Å²) in [6.07, 6.45) is 2.93. The van der Waals surface area contributed by atoms with Crippen molar-refractivity contribution < 1.29 is 19.4 Å². The van der Waals surface area contributed by atoms with E-state index in [4.69, 9.17) is 9.47 Å². The number of carbonyl (C=O) groups is 1. The number of hydrogen-bond acceptors (Lipinski definition) is 9. The van der Waals surface area contributed by atoms with Crippen molar-refractivity contribution in [3.63, 3.8) is 0 Å². The number of rotatable bonds is 6. The predicted octanol–water partition coefficient (Wildman–Crippen LogP) is 1.48. The van der Waals surface area contributed by atoms with Gasteiger partial charge in [-0.15, -0.1) is 10.2 Å². The molecule has 2 N–H and O–H groups in total. The van der Waals surface area contributed by atoms with Crippen LogP contribution in [0.3, 0.4) is 0 Å². The highest BCUT2D eigenvalue weighted by Gasteiger charge is 2.57. The van der Waals surface area contributed by atoms with Gasteiger partial charge in [-0.3, -0.25) is 9.59 Å². The maximum absolute atomic E-state index is 13.9. The lowest BCUT2D eigenvalue weighted by Gasteiger charge is -2.49. The Bertz CT molecular complexity index is 1390. The Hall–Kier alpha value is -4.12. The number of H-pyrrole nitrogens is 1. The summed E-state index contributed by atoms with van der Waals surface area (Å²) in [6.45, 7) is 5.44. The molecule has 1 aliphatic heterocycles. The predicted molar refractivity (Wildman–Crippen MR) is 127 cm³/mol.